The van der Waals surface area contributed by atoms with Crippen molar-refractivity contribution in [1.29, 1.82) is 0 Å². The van der Waals surface area contributed by atoms with Crippen LogP contribution in [0.3, 0.4) is 0 Å². The third kappa shape index (κ3) is 9.22. The van der Waals surface area contributed by atoms with Gasteiger partial charge in [0.15, 0.2) is 5.96 Å². The normalized spacial score (nSPS) is 17.6. The summed E-state index contributed by atoms with van der Waals surface area (Å²) in [4.78, 5) is 21.0. The van der Waals surface area contributed by atoms with Crippen molar-refractivity contribution < 1.29 is 9.53 Å². The van der Waals surface area contributed by atoms with Crippen molar-refractivity contribution in [3.8, 4) is 5.75 Å². The molecule has 1 fully saturated rings. The van der Waals surface area contributed by atoms with E-state index in [1.165, 1.54) is 0 Å². The highest BCUT2D eigenvalue weighted by Crippen LogP contribution is 2.19. The van der Waals surface area contributed by atoms with Crippen molar-refractivity contribution >= 4 is 35.8 Å². The van der Waals surface area contributed by atoms with E-state index in [-0.39, 0.29) is 42.0 Å². The van der Waals surface area contributed by atoms with Gasteiger partial charge in [-0.25, -0.2) is 4.99 Å². The summed E-state index contributed by atoms with van der Waals surface area (Å²) in [5, 5.41) is 6.70. The molecule has 1 saturated heterocycles. The number of carbonyl (C=O) groups excluding carboxylic acids is 1. The quantitative estimate of drug-likeness (QED) is 0.205. The fourth-order valence-electron chi connectivity index (χ4n) is 3.66. The molecule has 176 valence electrons. The number of rotatable bonds is 10. The van der Waals surface area contributed by atoms with Crippen LogP contribution in [-0.4, -0.2) is 80.6 Å². The number of halogens is 1. The van der Waals surface area contributed by atoms with Gasteiger partial charge in [-0.05, 0) is 58.2 Å². The van der Waals surface area contributed by atoms with Crippen LogP contribution in [0.2, 0.25) is 0 Å². The molecule has 0 bridgehead atoms. The van der Waals surface area contributed by atoms with Gasteiger partial charge in [-0.3, -0.25) is 9.69 Å². The minimum absolute atomic E-state index is 0. The maximum atomic E-state index is 12.3. The van der Waals surface area contributed by atoms with E-state index in [2.05, 4.69) is 27.4 Å². The molecule has 1 amide bonds. The van der Waals surface area contributed by atoms with Gasteiger partial charge in [0.1, 0.15) is 11.9 Å². The Morgan fingerprint density at radius 1 is 1.32 bits per heavy atom. The van der Waals surface area contributed by atoms with E-state index in [1.807, 2.05) is 52.2 Å². The predicted octanol–water partition coefficient (Wildman–Crippen LogP) is 2.88. The van der Waals surface area contributed by atoms with Gasteiger partial charge in [-0.1, -0.05) is 18.2 Å². The number of hydrogen-bond acceptors (Lipinski definition) is 4. The molecule has 0 aliphatic carbocycles. The van der Waals surface area contributed by atoms with E-state index in [9.17, 15) is 4.79 Å². The zero-order chi connectivity index (χ0) is 21.9. The first-order valence-corrected chi connectivity index (χ1v) is 11.1. The summed E-state index contributed by atoms with van der Waals surface area (Å²) in [6.07, 6.45) is 3.02. The van der Waals surface area contributed by atoms with Crippen LogP contribution in [0.15, 0.2) is 29.3 Å². The SMILES string of the molecule is CCNC(=NCC(C)Oc1ccccc1C)NCCCN1CCCC1C(=O)N(C)C.I. The van der Waals surface area contributed by atoms with Crippen LogP contribution in [0.4, 0.5) is 0 Å². The molecule has 2 N–H and O–H groups in total. The number of para-hydroxylation sites is 1. The number of aliphatic imine (C=N–C) groups is 1. The zero-order valence-corrected chi connectivity index (χ0v) is 22.0. The molecule has 1 aromatic rings. The van der Waals surface area contributed by atoms with Crippen LogP contribution in [-0.2, 0) is 4.79 Å². The lowest BCUT2D eigenvalue weighted by molar-refractivity contribution is -0.133. The van der Waals surface area contributed by atoms with Crippen LogP contribution >= 0.6 is 24.0 Å². The molecular formula is C23H40IN5O2. The predicted molar refractivity (Wildman–Crippen MR) is 139 cm³/mol. The van der Waals surface area contributed by atoms with E-state index in [0.29, 0.717) is 6.54 Å². The molecule has 31 heavy (non-hydrogen) atoms. The molecule has 0 radical (unpaired) electrons. The molecule has 2 atom stereocenters. The fourth-order valence-corrected chi connectivity index (χ4v) is 3.66. The molecule has 7 nitrogen and oxygen atoms in total. The standard InChI is InChI=1S/C23H39N5O2.HI/c1-6-24-23(26-17-19(3)30-21-13-8-7-11-18(21)2)25-14-10-16-28-15-9-12-20(28)22(29)27(4)5;/h7-8,11,13,19-20H,6,9-10,12,14-17H2,1-5H3,(H2,24,25,26);1H. The number of ether oxygens (including phenoxy) is 1. The molecule has 8 heteroatoms. The lowest BCUT2D eigenvalue weighted by Crippen LogP contribution is -2.44. The minimum atomic E-state index is -0.0102. The highest BCUT2D eigenvalue weighted by Gasteiger charge is 2.30. The van der Waals surface area contributed by atoms with E-state index < -0.39 is 0 Å². The van der Waals surface area contributed by atoms with Gasteiger partial charge in [0.05, 0.1) is 12.6 Å². The van der Waals surface area contributed by atoms with Gasteiger partial charge in [-0.2, -0.15) is 0 Å². The van der Waals surface area contributed by atoms with Crippen molar-refractivity contribution in [2.45, 2.75) is 52.2 Å². The van der Waals surface area contributed by atoms with E-state index in [1.54, 1.807) is 4.90 Å². The van der Waals surface area contributed by atoms with Gasteiger partial charge < -0.3 is 20.3 Å². The molecular weight excluding hydrogens is 505 g/mol. The number of guanidine groups is 1. The summed E-state index contributed by atoms with van der Waals surface area (Å²) >= 11 is 0. The molecule has 0 spiro atoms. The number of nitrogens with zero attached hydrogens (tertiary/aromatic N) is 3. The summed E-state index contributed by atoms with van der Waals surface area (Å²) in [6, 6.07) is 8.08. The van der Waals surface area contributed by atoms with Gasteiger partial charge in [0.25, 0.3) is 0 Å². The molecule has 1 heterocycles. The molecule has 1 aliphatic heterocycles. The Labute approximate surface area is 205 Å². The molecule has 1 aliphatic rings. The Balaban J connectivity index is 0.00000480. The molecule has 0 aromatic heterocycles. The molecule has 0 saturated carbocycles. The maximum absolute atomic E-state index is 12.3. The number of benzene rings is 1. The smallest absolute Gasteiger partial charge is 0.239 e. The van der Waals surface area contributed by atoms with Gasteiger partial charge in [0.2, 0.25) is 5.91 Å². The van der Waals surface area contributed by atoms with Crippen LogP contribution in [0.5, 0.6) is 5.75 Å². The topological polar surface area (TPSA) is 69.2 Å². The average Bonchev–Trinajstić information content (AvgIpc) is 3.18. The lowest BCUT2D eigenvalue weighted by Gasteiger charge is -2.26. The van der Waals surface area contributed by atoms with Crippen molar-refractivity contribution in [2.75, 3.05) is 46.8 Å². The summed E-state index contributed by atoms with van der Waals surface area (Å²) in [6.45, 7) is 10.3. The summed E-state index contributed by atoms with van der Waals surface area (Å²) in [5.41, 5.74) is 1.13. The van der Waals surface area contributed by atoms with Gasteiger partial charge in [0, 0.05) is 33.7 Å². The van der Waals surface area contributed by atoms with Crippen LogP contribution in [0, 0.1) is 6.92 Å². The zero-order valence-electron chi connectivity index (χ0n) is 19.7. The highest BCUT2D eigenvalue weighted by atomic mass is 127. The number of likely N-dealkylation sites (N-methyl/N-ethyl adjacent to an activating group) is 1. The second-order valence-corrected chi connectivity index (χ2v) is 8.12. The largest absolute Gasteiger partial charge is 0.489 e. The first-order chi connectivity index (χ1) is 14.4. The number of aryl methyl sites for hydroxylation is 1. The number of carbonyl (C=O) groups is 1. The highest BCUT2D eigenvalue weighted by molar-refractivity contribution is 14.0. The lowest BCUT2D eigenvalue weighted by atomic mass is 10.2. The second-order valence-electron chi connectivity index (χ2n) is 8.12. The summed E-state index contributed by atoms with van der Waals surface area (Å²) < 4.78 is 6.02. The summed E-state index contributed by atoms with van der Waals surface area (Å²) in [7, 11) is 3.67. The van der Waals surface area contributed by atoms with E-state index >= 15 is 0 Å². The van der Waals surface area contributed by atoms with Crippen LogP contribution in [0.1, 0.15) is 38.7 Å². The molecule has 2 rings (SSSR count). The third-order valence-electron chi connectivity index (χ3n) is 5.28. The Hall–Kier alpha value is -1.55. The van der Waals surface area contributed by atoms with E-state index in [0.717, 1.165) is 62.7 Å². The number of likely N-dealkylation sites (tertiary alicyclic amines) is 1. The number of nitrogens with one attached hydrogen (secondary N) is 2. The summed E-state index contributed by atoms with van der Waals surface area (Å²) in [5.74, 6) is 1.93. The number of amides is 1. The monoisotopic (exact) mass is 545 g/mol. The second kappa shape index (κ2) is 14.5. The average molecular weight is 546 g/mol. The Kier molecular flexibility index (Phi) is 12.9. The van der Waals surface area contributed by atoms with Crippen LogP contribution in [0.25, 0.3) is 0 Å². The maximum Gasteiger partial charge on any atom is 0.239 e. The Morgan fingerprint density at radius 2 is 2.06 bits per heavy atom. The van der Waals surface area contributed by atoms with Crippen molar-refractivity contribution in [2.24, 2.45) is 4.99 Å². The fraction of sp³-hybridized carbons (Fsp3) is 0.652. The van der Waals surface area contributed by atoms with Crippen LogP contribution < -0.4 is 15.4 Å². The van der Waals surface area contributed by atoms with Gasteiger partial charge >= 0.3 is 0 Å². The molecule has 2 unspecified atom stereocenters. The van der Waals surface area contributed by atoms with Gasteiger partial charge in [-0.15, -0.1) is 24.0 Å². The first-order valence-electron chi connectivity index (χ1n) is 11.1. The Morgan fingerprint density at radius 3 is 2.74 bits per heavy atom. The first kappa shape index (κ1) is 27.5. The molecule has 1 aromatic carbocycles. The van der Waals surface area contributed by atoms with Crippen molar-refractivity contribution in [1.82, 2.24) is 20.4 Å². The van der Waals surface area contributed by atoms with Crippen molar-refractivity contribution in [3.05, 3.63) is 29.8 Å². The van der Waals surface area contributed by atoms with E-state index in [4.69, 9.17) is 4.74 Å². The minimum Gasteiger partial charge on any atom is -0.489 e. The third-order valence-corrected chi connectivity index (χ3v) is 5.28. The number of hydrogen-bond donors (Lipinski definition) is 2. The van der Waals surface area contributed by atoms with Crippen molar-refractivity contribution in [3.63, 3.8) is 0 Å². The Bertz CT molecular complexity index is 698.